The highest BCUT2D eigenvalue weighted by Gasteiger charge is 2.38. The Labute approximate surface area is 85.1 Å². The van der Waals surface area contributed by atoms with Gasteiger partial charge in [-0.05, 0) is 25.7 Å². The molecule has 5 heteroatoms. The molecule has 0 aromatic heterocycles. The van der Waals surface area contributed by atoms with E-state index in [9.17, 15) is 8.42 Å². The molecule has 0 radical (unpaired) electrons. The van der Waals surface area contributed by atoms with Crippen LogP contribution in [0.5, 0.6) is 0 Å². The van der Waals surface area contributed by atoms with Crippen LogP contribution >= 0.6 is 0 Å². The maximum Gasteiger partial charge on any atom is 0.208 e. The second-order valence-corrected chi connectivity index (χ2v) is 6.07. The number of hydrogen-bond donors (Lipinski definition) is 1. The van der Waals surface area contributed by atoms with Gasteiger partial charge in [-0.1, -0.05) is 0 Å². The summed E-state index contributed by atoms with van der Waals surface area (Å²) in [7, 11) is -3.07. The summed E-state index contributed by atoms with van der Waals surface area (Å²) in [6.45, 7) is 0.789. The Kier molecular flexibility index (Phi) is 2.81. The van der Waals surface area contributed by atoms with E-state index in [-0.39, 0.29) is 6.04 Å². The van der Waals surface area contributed by atoms with E-state index in [0.29, 0.717) is 12.0 Å². The molecule has 0 spiro atoms. The third kappa shape index (κ3) is 2.27. The van der Waals surface area contributed by atoms with Crippen molar-refractivity contribution in [1.82, 2.24) is 4.72 Å². The summed E-state index contributed by atoms with van der Waals surface area (Å²) in [6, 6.07) is 0.103. The molecule has 0 aromatic carbocycles. The van der Waals surface area contributed by atoms with E-state index in [2.05, 4.69) is 4.72 Å². The van der Waals surface area contributed by atoms with Gasteiger partial charge in [-0.3, -0.25) is 0 Å². The number of fused-ring (bicyclic) bond motifs is 1. The highest BCUT2D eigenvalue weighted by Crippen LogP contribution is 2.34. The third-order valence-corrected chi connectivity index (χ3v) is 3.88. The summed E-state index contributed by atoms with van der Waals surface area (Å²) in [6.07, 6.45) is 5.63. The molecule has 4 nitrogen and oxygen atoms in total. The Bertz CT molecular complexity index is 301. The molecule has 14 heavy (non-hydrogen) atoms. The predicted molar refractivity (Wildman–Crippen MR) is 53.5 cm³/mol. The predicted octanol–water partition coefficient (Wildman–Crippen LogP) is 0.493. The van der Waals surface area contributed by atoms with Gasteiger partial charge in [-0.15, -0.1) is 0 Å². The van der Waals surface area contributed by atoms with Gasteiger partial charge in [0.1, 0.15) is 0 Å². The molecule has 3 atom stereocenters. The summed E-state index contributed by atoms with van der Waals surface area (Å²) in [5.74, 6) is 0.401. The second kappa shape index (κ2) is 3.79. The largest absolute Gasteiger partial charge is 0.378 e. The van der Waals surface area contributed by atoms with Crippen molar-refractivity contribution in [2.45, 2.75) is 37.8 Å². The van der Waals surface area contributed by atoms with Crippen LogP contribution in [0.1, 0.15) is 25.7 Å². The lowest BCUT2D eigenvalue weighted by Crippen LogP contribution is -2.45. The Morgan fingerprint density at radius 1 is 1.29 bits per heavy atom. The van der Waals surface area contributed by atoms with E-state index >= 15 is 0 Å². The molecule has 1 heterocycles. The van der Waals surface area contributed by atoms with E-state index in [1.54, 1.807) is 0 Å². The summed E-state index contributed by atoms with van der Waals surface area (Å²) < 4.78 is 30.6. The van der Waals surface area contributed by atoms with Gasteiger partial charge in [0.15, 0.2) is 0 Å². The first-order valence-corrected chi connectivity index (χ1v) is 7.04. The lowest BCUT2D eigenvalue weighted by Gasteiger charge is -2.32. The number of rotatable bonds is 2. The fourth-order valence-electron chi connectivity index (χ4n) is 2.60. The molecule has 0 aromatic rings. The molecule has 82 valence electrons. The summed E-state index contributed by atoms with van der Waals surface area (Å²) in [5, 5.41) is 0. The zero-order chi connectivity index (χ0) is 10.2. The van der Waals surface area contributed by atoms with Crippen LogP contribution < -0.4 is 4.72 Å². The molecule has 1 aliphatic heterocycles. The van der Waals surface area contributed by atoms with Crippen LogP contribution in [0.15, 0.2) is 0 Å². The number of nitrogens with one attached hydrogen (secondary N) is 1. The fourth-order valence-corrected chi connectivity index (χ4v) is 3.44. The maximum atomic E-state index is 11.1. The highest BCUT2D eigenvalue weighted by atomic mass is 32.2. The highest BCUT2D eigenvalue weighted by molar-refractivity contribution is 7.88. The molecule has 0 unspecified atom stereocenters. The van der Waals surface area contributed by atoms with Gasteiger partial charge in [0.2, 0.25) is 10.0 Å². The fraction of sp³-hybridized carbons (Fsp3) is 1.00. The van der Waals surface area contributed by atoms with E-state index in [0.717, 1.165) is 32.3 Å². The van der Waals surface area contributed by atoms with Crippen LogP contribution in [0.2, 0.25) is 0 Å². The van der Waals surface area contributed by atoms with Crippen LogP contribution in [0.25, 0.3) is 0 Å². The molecule has 1 N–H and O–H groups in total. The molecule has 0 bridgehead atoms. The minimum atomic E-state index is -3.07. The second-order valence-electron chi connectivity index (χ2n) is 4.29. The Morgan fingerprint density at radius 3 is 2.79 bits per heavy atom. The van der Waals surface area contributed by atoms with Crippen molar-refractivity contribution in [3.05, 3.63) is 0 Å². The first-order valence-electron chi connectivity index (χ1n) is 5.15. The molecule has 1 aliphatic carbocycles. The number of ether oxygens (including phenoxy) is 1. The van der Waals surface area contributed by atoms with Gasteiger partial charge >= 0.3 is 0 Å². The normalized spacial score (nSPS) is 38.2. The summed E-state index contributed by atoms with van der Waals surface area (Å²) in [4.78, 5) is 0. The SMILES string of the molecule is CS(=O)(=O)N[C@@H]1CCC[C@H]2OCC[C@H]12. The average molecular weight is 219 g/mol. The van der Waals surface area contributed by atoms with Gasteiger partial charge < -0.3 is 4.74 Å². The van der Waals surface area contributed by atoms with E-state index in [4.69, 9.17) is 4.74 Å². The Balaban J connectivity index is 2.03. The quantitative estimate of drug-likeness (QED) is 0.735. The summed E-state index contributed by atoms with van der Waals surface area (Å²) in [5.41, 5.74) is 0. The number of sulfonamides is 1. The number of hydrogen-bond acceptors (Lipinski definition) is 3. The lowest BCUT2D eigenvalue weighted by atomic mass is 9.82. The van der Waals surface area contributed by atoms with Gasteiger partial charge in [0.25, 0.3) is 0 Å². The van der Waals surface area contributed by atoms with Crippen LogP contribution in [0, 0.1) is 5.92 Å². The zero-order valence-electron chi connectivity index (χ0n) is 8.40. The van der Waals surface area contributed by atoms with Crippen molar-refractivity contribution in [2.75, 3.05) is 12.9 Å². The zero-order valence-corrected chi connectivity index (χ0v) is 9.22. The van der Waals surface area contributed by atoms with Crippen molar-refractivity contribution in [2.24, 2.45) is 5.92 Å². The van der Waals surface area contributed by atoms with Gasteiger partial charge in [-0.25, -0.2) is 13.1 Å². The van der Waals surface area contributed by atoms with Crippen molar-refractivity contribution in [3.63, 3.8) is 0 Å². The van der Waals surface area contributed by atoms with Gasteiger partial charge in [0.05, 0.1) is 12.4 Å². The molecule has 2 fully saturated rings. The molecule has 1 saturated heterocycles. The van der Waals surface area contributed by atoms with Gasteiger partial charge in [-0.2, -0.15) is 0 Å². The van der Waals surface area contributed by atoms with E-state index in [1.807, 2.05) is 0 Å². The van der Waals surface area contributed by atoms with E-state index in [1.165, 1.54) is 6.26 Å². The van der Waals surface area contributed by atoms with Crippen LogP contribution in [0.4, 0.5) is 0 Å². The monoisotopic (exact) mass is 219 g/mol. The van der Waals surface area contributed by atoms with Crippen molar-refractivity contribution in [3.8, 4) is 0 Å². The lowest BCUT2D eigenvalue weighted by molar-refractivity contribution is 0.0570. The molecular formula is C9H17NO3S. The molecular weight excluding hydrogens is 202 g/mol. The van der Waals surface area contributed by atoms with Gasteiger partial charge in [0, 0.05) is 18.6 Å². The van der Waals surface area contributed by atoms with Crippen LogP contribution in [-0.2, 0) is 14.8 Å². The molecule has 1 saturated carbocycles. The minimum absolute atomic E-state index is 0.103. The third-order valence-electron chi connectivity index (χ3n) is 3.15. The molecule has 2 rings (SSSR count). The Hall–Kier alpha value is -0.130. The standard InChI is InChI=1S/C9H17NO3S/c1-14(11,12)10-8-3-2-4-9-7(8)5-6-13-9/h7-10H,2-6H2,1H3/t7-,8-,9-/m1/s1. The average Bonchev–Trinajstić information content (AvgIpc) is 2.49. The van der Waals surface area contributed by atoms with Crippen molar-refractivity contribution < 1.29 is 13.2 Å². The van der Waals surface area contributed by atoms with Crippen molar-refractivity contribution >= 4 is 10.0 Å². The smallest absolute Gasteiger partial charge is 0.208 e. The maximum absolute atomic E-state index is 11.1. The van der Waals surface area contributed by atoms with Crippen LogP contribution in [-0.4, -0.2) is 33.4 Å². The first-order chi connectivity index (χ1) is 6.56. The topological polar surface area (TPSA) is 55.4 Å². The molecule has 0 amide bonds. The Morgan fingerprint density at radius 2 is 2.07 bits per heavy atom. The van der Waals surface area contributed by atoms with Crippen molar-refractivity contribution in [1.29, 1.82) is 0 Å². The first kappa shape index (κ1) is 10.4. The van der Waals surface area contributed by atoms with E-state index < -0.39 is 10.0 Å². The minimum Gasteiger partial charge on any atom is -0.378 e. The summed E-state index contributed by atoms with van der Waals surface area (Å²) >= 11 is 0. The van der Waals surface area contributed by atoms with Crippen LogP contribution in [0.3, 0.4) is 0 Å². The molecule has 2 aliphatic rings.